The topological polar surface area (TPSA) is 27.7 Å². The Bertz CT molecular complexity index is 251. The van der Waals surface area contributed by atoms with Crippen molar-refractivity contribution in [1.29, 1.82) is 0 Å². The van der Waals surface area contributed by atoms with Crippen molar-refractivity contribution in [3.8, 4) is 0 Å². The Balaban J connectivity index is 2.74. The second kappa shape index (κ2) is 5.36. The molecule has 0 N–H and O–H groups in total. The van der Waals surface area contributed by atoms with Crippen LogP contribution in [-0.4, -0.2) is 21.3 Å². The number of hydrogen-bond acceptors (Lipinski definition) is 3. The normalized spacial score (nSPS) is 12.8. The minimum atomic E-state index is -1.86. The molecule has 0 bridgehead atoms. The van der Waals surface area contributed by atoms with Gasteiger partial charge >= 0.3 is 0 Å². The van der Waals surface area contributed by atoms with Crippen LogP contribution in [0.15, 0.2) is 30.3 Å². The van der Waals surface area contributed by atoms with Gasteiger partial charge in [-0.25, -0.2) is 0 Å². The van der Waals surface area contributed by atoms with Crippen LogP contribution in [0.25, 0.3) is 0 Å². The van der Waals surface area contributed by atoms with Crippen LogP contribution in [0.1, 0.15) is 5.56 Å². The van der Waals surface area contributed by atoms with Gasteiger partial charge in [0.15, 0.2) is 0 Å². The van der Waals surface area contributed by atoms with Gasteiger partial charge in [-0.3, -0.25) is 12.5 Å². The van der Waals surface area contributed by atoms with Crippen LogP contribution in [0.5, 0.6) is 0 Å². The first-order valence-electron chi connectivity index (χ1n) is 4.28. The lowest BCUT2D eigenvalue weighted by molar-refractivity contribution is 0.247. The van der Waals surface area contributed by atoms with E-state index >= 15 is 0 Å². The molecule has 0 aromatic heterocycles. The highest BCUT2D eigenvalue weighted by Crippen LogP contribution is 2.52. The summed E-state index contributed by atoms with van der Waals surface area (Å²) in [7, 11) is 2.94. The van der Waals surface area contributed by atoms with Crippen molar-refractivity contribution in [3.05, 3.63) is 35.9 Å². The summed E-state index contributed by atoms with van der Waals surface area (Å²) in [5.74, 6) is 0.650. The Hall–Kier alpha value is -0.550. The van der Waals surface area contributed by atoms with Gasteiger partial charge < -0.3 is 0 Å². The first-order valence-corrected chi connectivity index (χ1v) is 5.86. The van der Waals surface area contributed by atoms with Crippen molar-refractivity contribution in [1.82, 2.24) is 0 Å². The third kappa shape index (κ3) is 2.72. The average molecular weight is 216 g/mol. The molecule has 0 aliphatic heterocycles. The second-order valence-electron chi connectivity index (χ2n) is 2.69. The monoisotopic (exact) mass is 216 g/mol. The van der Waals surface area contributed by atoms with Gasteiger partial charge in [0.05, 0.1) is 38.0 Å². The molecule has 1 aromatic carbocycles. The van der Waals surface area contributed by atoms with Crippen LogP contribution in [-0.2, 0) is 18.3 Å². The van der Waals surface area contributed by atoms with Gasteiger partial charge in [-0.05, 0) is 5.56 Å². The molecule has 0 saturated carbocycles. The zero-order valence-corrected chi connectivity index (χ0v) is 9.54. The second-order valence-corrected chi connectivity index (χ2v) is 5.09. The third-order valence-corrected chi connectivity index (χ3v) is 4.16. The lowest BCUT2D eigenvalue weighted by Gasteiger charge is -2.33. The Labute approximate surface area is 86.9 Å². The first kappa shape index (κ1) is 11.5. The summed E-state index contributed by atoms with van der Waals surface area (Å²) in [4.78, 5) is 0. The molecule has 0 aliphatic carbocycles. The lowest BCUT2D eigenvalue weighted by Crippen LogP contribution is -2.09. The van der Waals surface area contributed by atoms with E-state index in [4.69, 9.17) is 12.5 Å². The van der Waals surface area contributed by atoms with Gasteiger partial charge in [0, 0.05) is 0 Å². The van der Waals surface area contributed by atoms with E-state index in [9.17, 15) is 0 Å². The molecule has 3 nitrogen and oxygen atoms in total. The van der Waals surface area contributed by atoms with E-state index in [2.05, 4.69) is 0 Å². The summed E-state index contributed by atoms with van der Waals surface area (Å²) >= 11 is 0. The van der Waals surface area contributed by atoms with Crippen molar-refractivity contribution in [2.75, 3.05) is 21.3 Å². The zero-order chi connectivity index (χ0) is 10.4. The predicted octanol–water partition coefficient (Wildman–Crippen LogP) is 2.68. The molecule has 0 amide bonds. The minimum Gasteiger partial charge on any atom is -0.295 e. The summed E-state index contributed by atoms with van der Waals surface area (Å²) < 4.78 is 15.8. The fourth-order valence-corrected chi connectivity index (χ4v) is 2.52. The Morgan fingerprint density at radius 3 is 1.86 bits per heavy atom. The van der Waals surface area contributed by atoms with Crippen molar-refractivity contribution < 1.29 is 12.5 Å². The molecular formula is C10H16O3S. The molecule has 0 radical (unpaired) electrons. The van der Waals surface area contributed by atoms with Crippen LogP contribution in [0.3, 0.4) is 0 Å². The van der Waals surface area contributed by atoms with Crippen molar-refractivity contribution in [3.63, 3.8) is 0 Å². The smallest absolute Gasteiger partial charge is 0.0923 e. The molecule has 1 rings (SSSR count). The van der Waals surface area contributed by atoms with Crippen molar-refractivity contribution in [2.24, 2.45) is 0 Å². The molecule has 80 valence electrons. The molecule has 0 heterocycles. The summed E-state index contributed by atoms with van der Waals surface area (Å²) in [6.07, 6.45) is 0. The van der Waals surface area contributed by atoms with Gasteiger partial charge in [-0.1, -0.05) is 30.3 Å². The standard InChI is InChI=1S/C10H16O3S/c1-11-14(12-2,13-3)9-10-7-5-4-6-8-10/h4-8H,9H2,1-3H3. The van der Waals surface area contributed by atoms with E-state index in [1.54, 1.807) is 21.3 Å². The summed E-state index contributed by atoms with van der Waals surface area (Å²) in [6.45, 7) is 0. The van der Waals surface area contributed by atoms with Crippen LogP contribution < -0.4 is 0 Å². The van der Waals surface area contributed by atoms with Gasteiger partial charge in [-0.15, -0.1) is 0 Å². The first-order chi connectivity index (χ1) is 6.76. The van der Waals surface area contributed by atoms with E-state index < -0.39 is 10.9 Å². The van der Waals surface area contributed by atoms with Crippen LogP contribution in [0.4, 0.5) is 0 Å². The highest BCUT2D eigenvalue weighted by atomic mass is 32.3. The van der Waals surface area contributed by atoms with E-state index in [0.29, 0.717) is 5.75 Å². The summed E-state index contributed by atoms with van der Waals surface area (Å²) in [6, 6.07) is 10.0. The molecule has 0 unspecified atom stereocenters. The van der Waals surface area contributed by atoms with Crippen LogP contribution >= 0.6 is 10.9 Å². The molecule has 0 spiro atoms. The summed E-state index contributed by atoms with van der Waals surface area (Å²) in [5.41, 5.74) is 1.15. The maximum atomic E-state index is 5.28. The number of benzene rings is 1. The average Bonchev–Trinajstić information content (AvgIpc) is 2.28. The largest absolute Gasteiger partial charge is 0.295 e. The molecular weight excluding hydrogens is 200 g/mol. The summed E-state index contributed by atoms with van der Waals surface area (Å²) in [5, 5.41) is 0. The molecule has 0 fully saturated rings. The number of rotatable bonds is 5. The van der Waals surface area contributed by atoms with Crippen molar-refractivity contribution in [2.45, 2.75) is 5.75 Å². The Kier molecular flexibility index (Phi) is 4.41. The third-order valence-electron chi connectivity index (χ3n) is 1.95. The minimum absolute atomic E-state index is 0.650. The van der Waals surface area contributed by atoms with E-state index in [-0.39, 0.29) is 0 Å². The molecule has 14 heavy (non-hydrogen) atoms. The molecule has 4 heteroatoms. The fourth-order valence-electron chi connectivity index (χ4n) is 1.16. The molecule has 0 atom stereocenters. The fraction of sp³-hybridized carbons (Fsp3) is 0.400. The molecule has 1 aromatic rings. The van der Waals surface area contributed by atoms with E-state index in [0.717, 1.165) is 5.56 Å². The predicted molar refractivity (Wildman–Crippen MR) is 58.8 cm³/mol. The quantitative estimate of drug-likeness (QED) is 0.757. The van der Waals surface area contributed by atoms with Gasteiger partial charge in [-0.2, -0.15) is 0 Å². The highest BCUT2D eigenvalue weighted by molar-refractivity contribution is 8.21. The maximum Gasteiger partial charge on any atom is 0.0923 e. The van der Waals surface area contributed by atoms with Crippen molar-refractivity contribution >= 4 is 10.9 Å². The lowest BCUT2D eigenvalue weighted by atomic mass is 10.2. The highest BCUT2D eigenvalue weighted by Gasteiger charge is 2.23. The number of hydrogen-bond donors (Lipinski definition) is 0. The van der Waals surface area contributed by atoms with Gasteiger partial charge in [0.1, 0.15) is 0 Å². The van der Waals surface area contributed by atoms with Gasteiger partial charge in [0.25, 0.3) is 0 Å². The maximum absolute atomic E-state index is 5.28. The Morgan fingerprint density at radius 2 is 1.43 bits per heavy atom. The SMILES string of the molecule is COS(Cc1ccccc1)(OC)OC. The van der Waals surface area contributed by atoms with E-state index in [1.165, 1.54) is 0 Å². The van der Waals surface area contributed by atoms with Gasteiger partial charge in [0.2, 0.25) is 0 Å². The molecule has 0 aliphatic rings. The molecule has 0 saturated heterocycles. The Morgan fingerprint density at radius 1 is 0.929 bits per heavy atom. The van der Waals surface area contributed by atoms with Crippen LogP contribution in [0.2, 0.25) is 0 Å². The zero-order valence-electron chi connectivity index (χ0n) is 8.73. The van der Waals surface area contributed by atoms with Crippen LogP contribution in [0, 0.1) is 0 Å². The van der Waals surface area contributed by atoms with E-state index in [1.807, 2.05) is 30.3 Å².